The van der Waals surface area contributed by atoms with Crippen LogP contribution in [0.2, 0.25) is 0 Å². The van der Waals surface area contributed by atoms with Gasteiger partial charge >= 0.3 is 0 Å². The Morgan fingerprint density at radius 3 is 2.81 bits per heavy atom. The molecule has 84 valence electrons. The average molecular weight is 346 g/mol. The number of aromatic nitrogens is 4. The SMILES string of the molecule is BrCCc1cn(Cc2ccc(Br)cn2)nn1. The summed E-state index contributed by atoms with van der Waals surface area (Å²) in [5, 5.41) is 9.02. The fraction of sp³-hybridized carbons (Fsp3) is 0.300. The summed E-state index contributed by atoms with van der Waals surface area (Å²) in [4.78, 5) is 4.28. The predicted molar refractivity (Wildman–Crippen MR) is 68.6 cm³/mol. The Labute approximate surface area is 110 Å². The minimum absolute atomic E-state index is 0.655. The standard InChI is InChI=1S/C10H10Br2N4/c11-4-3-10-7-16(15-14-10)6-9-2-1-8(12)5-13-9/h1-2,5,7H,3-4,6H2. The molecule has 0 radical (unpaired) electrons. The first-order valence-electron chi connectivity index (χ1n) is 4.83. The third kappa shape index (κ3) is 3.12. The van der Waals surface area contributed by atoms with E-state index < -0.39 is 0 Å². The molecule has 16 heavy (non-hydrogen) atoms. The molecule has 0 bridgehead atoms. The third-order valence-electron chi connectivity index (χ3n) is 2.05. The zero-order chi connectivity index (χ0) is 11.4. The number of hydrogen-bond acceptors (Lipinski definition) is 3. The first kappa shape index (κ1) is 11.7. The van der Waals surface area contributed by atoms with Crippen LogP contribution in [-0.4, -0.2) is 25.3 Å². The van der Waals surface area contributed by atoms with Crippen LogP contribution in [0.5, 0.6) is 0 Å². The minimum Gasteiger partial charge on any atom is -0.258 e. The topological polar surface area (TPSA) is 43.6 Å². The van der Waals surface area contributed by atoms with Crippen molar-refractivity contribution in [2.24, 2.45) is 0 Å². The summed E-state index contributed by atoms with van der Waals surface area (Å²) >= 11 is 6.73. The van der Waals surface area contributed by atoms with Crippen LogP contribution in [0.3, 0.4) is 0 Å². The lowest BCUT2D eigenvalue weighted by Crippen LogP contribution is -2.02. The Kier molecular flexibility index (Phi) is 4.06. The summed E-state index contributed by atoms with van der Waals surface area (Å²) in [7, 11) is 0. The molecule has 6 heteroatoms. The lowest BCUT2D eigenvalue weighted by Gasteiger charge is -1.99. The van der Waals surface area contributed by atoms with Crippen LogP contribution in [0.4, 0.5) is 0 Å². The van der Waals surface area contributed by atoms with Gasteiger partial charge in [-0.15, -0.1) is 5.10 Å². The Morgan fingerprint density at radius 2 is 2.12 bits per heavy atom. The van der Waals surface area contributed by atoms with E-state index in [9.17, 15) is 0 Å². The van der Waals surface area contributed by atoms with E-state index in [1.807, 2.05) is 18.3 Å². The van der Waals surface area contributed by atoms with Crippen molar-refractivity contribution in [3.05, 3.63) is 40.4 Å². The van der Waals surface area contributed by atoms with E-state index in [0.29, 0.717) is 6.54 Å². The van der Waals surface area contributed by atoms with Crippen molar-refractivity contribution in [3.63, 3.8) is 0 Å². The average Bonchev–Trinajstić information content (AvgIpc) is 2.70. The highest BCUT2D eigenvalue weighted by Gasteiger charge is 2.01. The molecule has 4 nitrogen and oxygen atoms in total. The van der Waals surface area contributed by atoms with Crippen molar-refractivity contribution in [1.29, 1.82) is 0 Å². The van der Waals surface area contributed by atoms with Gasteiger partial charge in [0.15, 0.2) is 0 Å². The summed E-state index contributed by atoms with van der Waals surface area (Å²) in [6.07, 6.45) is 4.63. The predicted octanol–water partition coefficient (Wildman–Crippen LogP) is 2.42. The van der Waals surface area contributed by atoms with Gasteiger partial charge in [-0.1, -0.05) is 21.1 Å². The molecule has 0 amide bonds. The van der Waals surface area contributed by atoms with E-state index in [4.69, 9.17) is 0 Å². The van der Waals surface area contributed by atoms with Gasteiger partial charge in [0.25, 0.3) is 0 Å². The molecule has 0 aliphatic heterocycles. The summed E-state index contributed by atoms with van der Waals surface area (Å²) in [5.74, 6) is 0. The van der Waals surface area contributed by atoms with E-state index >= 15 is 0 Å². The fourth-order valence-electron chi connectivity index (χ4n) is 1.29. The van der Waals surface area contributed by atoms with Gasteiger partial charge in [-0.25, -0.2) is 4.68 Å². The summed E-state index contributed by atoms with van der Waals surface area (Å²) in [6.45, 7) is 0.655. The first-order valence-corrected chi connectivity index (χ1v) is 6.75. The maximum atomic E-state index is 4.28. The molecule has 0 saturated heterocycles. The van der Waals surface area contributed by atoms with Gasteiger partial charge in [0.1, 0.15) is 0 Å². The summed E-state index contributed by atoms with van der Waals surface area (Å²) < 4.78 is 2.78. The van der Waals surface area contributed by atoms with Gasteiger partial charge in [-0.2, -0.15) is 0 Å². The van der Waals surface area contributed by atoms with E-state index in [0.717, 1.165) is 27.6 Å². The van der Waals surface area contributed by atoms with E-state index in [2.05, 4.69) is 47.2 Å². The van der Waals surface area contributed by atoms with Crippen molar-refractivity contribution in [2.45, 2.75) is 13.0 Å². The first-order chi connectivity index (χ1) is 7.78. The largest absolute Gasteiger partial charge is 0.258 e. The second-order valence-corrected chi connectivity index (χ2v) is 5.02. The molecule has 2 heterocycles. The molecule has 0 aromatic carbocycles. The minimum atomic E-state index is 0.655. The normalized spacial score (nSPS) is 10.6. The highest BCUT2D eigenvalue weighted by Crippen LogP contribution is 2.08. The van der Waals surface area contributed by atoms with E-state index in [1.54, 1.807) is 10.9 Å². The molecule has 0 atom stereocenters. The fourth-order valence-corrected chi connectivity index (χ4v) is 1.93. The Morgan fingerprint density at radius 1 is 1.25 bits per heavy atom. The maximum Gasteiger partial charge on any atom is 0.0849 e. The second kappa shape index (κ2) is 5.54. The summed E-state index contributed by atoms with van der Waals surface area (Å²) in [5.41, 5.74) is 1.97. The second-order valence-electron chi connectivity index (χ2n) is 3.31. The lowest BCUT2D eigenvalue weighted by atomic mass is 10.3. The van der Waals surface area contributed by atoms with Gasteiger partial charge in [0.2, 0.25) is 0 Å². The molecule has 2 aromatic rings. The molecule has 0 spiro atoms. The number of rotatable bonds is 4. The maximum absolute atomic E-state index is 4.28. The van der Waals surface area contributed by atoms with Crippen LogP contribution >= 0.6 is 31.9 Å². The van der Waals surface area contributed by atoms with Crippen molar-refractivity contribution in [2.75, 3.05) is 5.33 Å². The number of nitrogens with zero attached hydrogens (tertiary/aromatic N) is 4. The van der Waals surface area contributed by atoms with E-state index in [1.165, 1.54) is 0 Å². The zero-order valence-electron chi connectivity index (χ0n) is 8.48. The van der Waals surface area contributed by atoms with Crippen LogP contribution in [0.15, 0.2) is 29.0 Å². The van der Waals surface area contributed by atoms with Crippen LogP contribution < -0.4 is 0 Å². The number of aryl methyl sites for hydroxylation is 1. The van der Waals surface area contributed by atoms with Crippen molar-refractivity contribution in [3.8, 4) is 0 Å². The number of pyridine rings is 1. The van der Waals surface area contributed by atoms with Crippen LogP contribution in [0, 0.1) is 0 Å². The Bertz CT molecular complexity index is 452. The molecule has 0 N–H and O–H groups in total. The van der Waals surface area contributed by atoms with Crippen molar-refractivity contribution in [1.82, 2.24) is 20.0 Å². The van der Waals surface area contributed by atoms with Gasteiger partial charge in [0, 0.05) is 28.6 Å². The number of hydrogen-bond donors (Lipinski definition) is 0. The monoisotopic (exact) mass is 344 g/mol. The van der Waals surface area contributed by atoms with E-state index in [-0.39, 0.29) is 0 Å². The molecule has 2 rings (SSSR count). The number of alkyl halides is 1. The van der Waals surface area contributed by atoms with Crippen LogP contribution in [-0.2, 0) is 13.0 Å². The molecule has 0 aliphatic carbocycles. The molecule has 0 aliphatic rings. The Hall–Kier alpha value is -0.750. The summed E-state index contributed by atoms with van der Waals surface area (Å²) in [6, 6.07) is 3.94. The molecule has 0 unspecified atom stereocenters. The van der Waals surface area contributed by atoms with Crippen molar-refractivity contribution < 1.29 is 0 Å². The third-order valence-corrected chi connectivity index (χ3v) is 2.91. The van der Waals surface area contributed by atoms with Gasteiger partial charge < -0.3 is 0 Å². The molecular weight excluding hydrogens is 336 g/mol. The molecular formula is C10H10Br2N4. The quantitative estimate of drug-likeness (QED) is 0.799. The van der Waals surface area contributed by atoms with Gasteiger partial charge in [0.05, 0.1) is 17.9 Å². The molecule has 2 aromatic heterocycles. The lowest BCUT2D eigenvalue weighted by molar-refractivity contribution is 0.638. The smallest absolute Gasteiger partial charge is 0.0849 e. The van der Waals surface area contributed by atoms with Crippen molar-refractivity contribution >= 4 is 31.9 Å². The van der Waals surface area contributed by atoms with Gasteiger partial charge in [-0.05, 0) is 28.1 Å². The molecule has 0 fully saturated rings. The van der Waals surface area contributed by atoms with Gasteiger partial charge in [-0.3, -0.25) is 4.98 Å². The highest BCUT2D eigenvalue weighted by molar-refractivity contribution is 9.10. The highest BCUT2D eigenvalue weighted by atomic mass is 79.9. The van der Waals surface area contributed by atoms with Crippen LogP contribution in [0.1, 0.15) is 11.4 Å². The number of halogens is 2. The zero-order valence-corrected chi connectivity index (χ0v) is 11.6. The van der Waals surface area contributed by atoms with Crippen LogP contribution in [0.25, 0.3) is 0 Å². The molecule has 0 saturated carbocycles. The Balaban J connectivity index is 2.05.